The van der Waals surface area contributed by atoms with Gasteiger partial charge in [-0.25, -0.2) is 0 Å². The quantitative estimate of drug-likeness (QED) is 0.417. The van der Waals surface area contributed by atoms with Crippen LogP contribution in [0.3, 0.4) is 0 Å². The van der Waals surface area contributed by atoms with Crippen LogP contribution in [0, 0.1) is 11.8 Å². The van der Waals surface area contributed by atoms with Gasteiger partial charge in [0.15, 0.2) is 0 Å². The van der Waals surface area contributed by atoms with Gasteiger partial charge in [-0.3, -0.25) is 0 Å². The smallest absolute Gasteiger partial charge is 0.0184 e. The van der Waals surface area contributed by atoms with Crippen molar-refractivity contribution in [3.05, 3.63) is 103 Å². The summed E-state index contributed by atoms with van der Waals surface area (Å²) < 4.78 is 0. The summed E-state index contributed by atoms with van der Waals surface area (Å²) in [7, 11) is 0. The highest BCUT2D eigenvalue weighted by atomic mass is 14.3. The van der Waals surface area contributed by atoms with Gasteiger partial charge in [0.25, 0.3) is 0 Å². The molecule has 4 rings (SSSR count). The highest BCUT2D eigenvalue weighted by molar-refractivity contribution is 5.69. The van der Waals surface area contributed by atoms with E-state index in [0.717, 1.165) is 18.3 Å². The topological polar surface area (TPSA) is 0 Å². The lowest BCUT2D eigenvalue weighted by Crippen LogP contribution is -2.16. The Kier molecular flexibility index (Phi) is 6.07. The van der Waals surface area contributed by atoms with Crippen LogP contribution in [0.25, 0.3) is 16.7 Å². The number of hydrogen-bond acceptors (Lipinski definition) is 0. The van der Waals surface area contributed by atoms with E-state index in [1.807, 2.05) is 0 Å². The molecule has 1 aliphatic carbocycles. The largest absolute Gasteiger partial charge is 0.0952 e. The van der Waals surface area contributed by atoms with Gasteiger partial charge in [0.1, 0.15) is 0 Å². The molecule has 3 aromatic carbocycles. The van der Waals surface area contributed by atoms with Crippen molar-refractivity contribution in [1.29, 1.82) is 0 Å². The third kappa shape index (κ3) is 4.81. The standard InChI is InChI=1S/C28H30/c1-22(26-16-18-28(19-17-26)27-10-6-3-7-11-27)20-24-12-14-25(15-13-24)21-23-8-4-2-5-9-23/h2-11,16-19,24-25H,1,12-15,20-21H2. The molecular weight excluding hydrogens is 336 g/mol. The Morgan fingerprint density at radius 2 is 1.18 bits per heavy atom. The molecule has 0 aromatic heterocycles. The Balaban J connectivity index is 1.29. The van der Waals surface area contributed by atoms with Gasteiger partial charge in [-0.05, 0) is 78.2 Å². The molecule has 0 N–H and O–H groups in total. The lowest BCUT2D eigenvalue weighted by Gasteiger charge is -2.29. The molecule has 0 bridgehead atoms. The van der Waals surface area contributed by atoms with Gasteiger partial charge in [-0.1, -0.05) is 91.5 Å². The summed E-state index contributed by atoms with van der Waals surface area (Å²) in [4.78, 5) is 0. The van der Waals surface area contributed by atoms with Crippen LogP contribution in [-0.4, -0.2) is 0 Å². The number of hydrogen-bond donors (Lipinski definition) is 0. The van der Waals surface area contributed by atoms with E-state index in [1.54, 1.807) is 0 Å². The van der Waals surface area contributed by atoms with Crippen molar-refractivity contribution in [2.24, 2.45) is 11.8 Å². The summed E-state index contributed by atoms with van der Waals surface area (Å²) in [5, 5.41) is 0. The summed E-state index contributed by atoms with van der Waals surface area (Å²) in [5.41, 5.74) is 6.64. The maximum absolute atomic E-state index is 4.41. The molecule has 0 amide bonds. The second-order valence-corrected chi connectivity index (χ2v) is 8.33. The zero-order chi connectivity index (χ0) is 19.2. The molecular formula is C28H30. The second-order valence-electron chi connectivity index (χ2n) is 8.33. The fourth-order valence-corrected chi connectivity index (χ4v) is 4.58. The molecule has 1 saturated carbocycles. The van der Waals surface area contributed by atoms with Crippen LogP contribution in [0.5, 0.6) is 0 Å². The second kappa shape index (κ2) is 9.06. The summed E-state index contributed by atoms with van der Waals surface area (Å²) in [6.07, 6.45) is 7.80. The molecule has 0 heteroatoms. The van der Waals surface area contributed by atoms with Gasteiger partial charge >= 0.3 is 0 Å². The van der Waals surface area contributed by atoms with Crippen LogP contribution in [0.1, 0.15) is 43.2 Å². The van der Waals surface area contributed by atoms with E-state index in [0.29, 0.717) is 0 Å². The van der Waals surface area contributed by atoms with Crippen LogP contribution in [-0.2, 0) is 6.42 Å². The third-order valence-electron chi connectivity index (χ3n) is 6.27. The number of benzene rings is 3. The molecule has 0 spiro atoms. The Bertz CT molecular complexity index is 866. The normalized spacial score (nSPS) is 19.3. The zero-order valence-corrected chi connectivity index (χ0v) is 16.7. The maximum Gasteiger partial charge on any atom is -0.0184 e. The Morgan fingerprint density at radius 1 is 0.643 bits per heavy atom. The number of rotatable bonds is 6. The van der Waals surface area contributed by atoms with Crippen LogP contribution in [0.15, 0.2) is 91.5 Å². The lowest BCUT2D eigenvalue weighted by molar-refractivity contribution is 0.277. The first-order valence-electron chi connectivity index (χ1n) is 10.7. The molecule has 0 unspecified atom stereocenters. The molecule has 3 aromatic rings. The summed E-state index contributed by atoms with van der Waals surface area (Å²) in [5.74, 6) is 1.66. The van der Waals surface area contributed by atoms with E-state index in [4.69, 9.17) is 0 Å². The van der Waals surface area contributed by atoms with Crippen molar-refractivity contribution in [3.8, 4) is 11.1 Å². The van der Waals surface area contributed by atoms with Gasteiger partial charge in [-0.2, -0.15) is 0 Å². The minimum absolute atomic E-state index is 0.799. The van der Waals surface area contributed by atoms with Crippen molar-refractivity contribution in [1.82, 2.24) is 0 Å². The molecule has 0 radical (unpaired) electrons. The highest BCUT2D eigenvalue weighted by Gasteiger charge is 2.22. The van der Waals surface area contributed by atoms with Crippen molar-refractivity contribution >= 4 is 5.57 Å². The molecule has 0 nitrogen and oxygen atoms in total. The number of allylic oxidation sites excluding steroid dienone is 1. The Morgan fingerprint density at radius 3 is 1.82 bits per heavy atom. The average Bonchev–Trinajstić information content (AvgIpc) is 2.76. The van der Waals surface area contributed by atoms with E-state index in [2.05, 4.69) is 91.5 Å². The van der Waals surface area contributed by atoms with Crippen molar-refractivity contribution in [3.63, 3.8) is 0 Å². The van der Waals surface area contributed by atoms with Crippen LogP contribution < -0.4 is 0 Å². The Labute approximate surface area is 169 Å². The Hall–Kier alpha value is -2.60. The van der Waals surface area contributed by atoms with Gasteiger partial charge < -0.3 is 0 Å². The molecule has 28 heavy (non-hydrogen) atoms. The fourth-order valence-electron chi connectivity index (χ4n) is 4.58. The molecule has 1 fully saturated rings. The molecule has 0 heterocycles. The SMILES string of the molecule is C=C(CC1CCC(Cc2ccccc2)CC1)c1ccc(-c2ccccc2)cc1. The molecule has 0 atom stereocenters. The molecule has 1 aliphatic rings. The molecule has 142 valence electrons. The third-order valence-corrected chi connectivity index (χ3v) is 6.27. The van der Waals surface area contributed by atoms with Crippen molar-refractivity contribution in [2.45, 2.75) is 38.5 Å². The van der Waals surface area contributed by atoms with Gasteiger partial charge in [0.05, 0.1) is 0 Å². The van der Waals surface area contributed by atoms with Gasteiger partial charge in [0.2, 0.25) is 0 Å². The van der Waals surface area contributed by atoms with Crippen LogP contribution in [0.2, 0.25) is 0 Å². The summed E-state index contributed by atoms with van der Waals surface area (Å²) >= 11 is 0. The average molecular weight is 367 g/mol. The first-order chi connectivity index (χ1) is 13.8. The zero-order valence-electron chi connectivity index (χ0n) is 16.7. The van der Waals surface area contributed by atoms with Crippen molar-refractivity contribution < 1.29 is 0 Å². The predicted octanol–water partition coefficient (Wildman–Crippen LogP) is 7.81. The van der Waals surface area contributed by atoms with Crippen LogP contribution in [0.4, 0.5) is 0 Å². The lowest BCUT2D eigenvalue weighted by atomic mass is 9.76. The van der Waals surface area contributed by atoms with E-state index in [1.165, 1.54) is 59.9 Å². The highest BCUT2D eigenvalue weighted by Crippen LogP contribution is 2.36. The first-order valence-corrected chi connectivity index (χ1v) is 10.7. The van der Waals surface area contributed by atoms with Crippen molar-refractivity contribution in [2.75, 3.05) is 0 Å². The van der Waals surface area contributed by atoms with E-state index >= 15 is 0 Å². The summed E-state index contributed by atoms with van der Waals surface area (Å²) in [6.45, 7) is 4.41. The minimum Gasteiger partial charge on any atom is -0.0952 e. The van der Waals surface area contributed by atoms with E-state index in [9.17, 15) is 0 Å². The predicted molar refractivity (Wildman–Crippen MR) is 121 cm³/mol. The summed E-state index contributed by atoms with van der Waals surface area (Å²) in [6, 6.07) is 30.5. The van der Waals surface area contributed by atoms with Gasteiger partial charge in [0, 0.05) is 0 Å². The van der Waals surface area contributed by atoms with E-state index < -0.39 is 0 Å². The first kappa shape index (κ1) is 18.7. The minimum atomic E-state index is 0.799. The van der Waals surface area contributed by atoms with Gasteiger partial charge in [-0.15, -0.1) is 0 Å². The van der Waals surface area contributed by atoms with E-state index in [-0.39, 0.29) is 0 Å². The fraction of sp³-hybridized carbons (Fsp3) is 0.286. The maximum atomic E-state index is 4.41. The molecule has 0 aliphatic heterocycles. The molecule has 0 saturated heterocycles. The van der Waals surface area contributed by atoms with Crippen LogP contribution >= 0.6 is 0 Å². The monoisotopic (exact) mass is 366 g/mol.